The van der Waals surface area contributed by atoms with Crippen molar-refractivity contribution in [2.75, 3.05) is 19.3 Å². The fraction of sp³-hybridized carbons (Fsp3) is 0.769. The molecule has 1 saturated heterocycles. The molecule has 0 aromatic carbocycles. The van der Waals surface area contributed by atoms with E-state index in [1.54, 1.807) is 0 Å². The molecule has 0 bridgehead atoms. The van der Waals surface area contributed by atoms with Crippen LogP contribution in [0.3, 0.4) is 0 Å². The maximum atomic E-state index is 11.3. The number of hydrogen-bond donors (Lipinski definition) is 1. The Morgan fingerprint density at radius 3 is 2.75 bits per heavy atom. The number of likely N-dealkylation sites (tertiary alicyclic amines) is 1. The van der Waals surface area contributed by atoms with E-state index >= 15 is 0 Å². The molecule has 114 valence electrons. The summed E-state index contributed by atoms with van der Waals surface area (Å²) < 4.78 is 30.3. The molecular weight excluding hydrogens is 278 g/mol. The van der Waals surface area contributed by atoms with E-state index in [2.05, 4.69) is 14.8 Å². The lowest BCUT2D eigenvalue weighted by atomic mass is 10.0. The lowest BCUT2D eigenvalue weighted by Crippen LogP contribution is -2.46. The molecule has 0 radical (unpaired) electrons. The van der Waals surface area contributed by atoms with Crippen molar-refractivity contribution < 1.29 is 12.9 Å². The van der Waals surface area contributed by atoms with Crippen LogP contribution in [0.15, 0.2) is 4.52 Å². The molecule has 1 aromatic heterocycles. The highest BCUT2D eigenvalue weighted by Crippen LogP contribution is 2.22. The molecule has 0 spiro atoms. The van der Waals surface area contributed by atoms with E-state index in [1.165, 1.54) is 6.26 Å². The van der Waals surface area contributed by atoms with Crippen LogP contribution in [-0.2, 0) is 16.6 Å². The van der Waals surface area contributed by atoms with Gasteiger partial charge in [-0.15, -0.1) is 0 Å². The Morgan fingerprint density at radius 2 is 2.15 bits per heavy atom. The van der Waals surface area contributed by atoms with Gasteiger partial charge in [0.1, 0.15) is 5.76 Å². The van der Waals surface area contributed by atoms with Crippen LogP contribution in [0.2, 0.25) is 0 Å². The van der Waals surface area contributed by atoms with Crippen LogP contribution < -0.4 is 4.72 Å². The minimum Gasteiger partial charge on any atom is -0.361 e. The summed E-state index contributed by atoms with van der Waals surface area (Å²) in [6.07, 6.45) is 4.52. The van der Waals surface area contributed by atoms with Crippen molar-refractivity contribution in [3.63, 3.8) is 0 Å². The summed E-state index contributed by atoms with van der Waals surface area (Å²) in [5.74, 6) is 0.850. The zero-order valence-corrected chi connectivity index (χ0v) is 13.2. The van der Waals surface area contributed by atoms with E-state index in [-0.39, 0.29) is 6.04 Å². The average molecular weight is 301 g/mol. The molecule has 2 rings (SSSR count). The van der Waals surface area contributed by atoms with Gasteiger partial charge in [0.05, 0.1) is 11.9 Å². The molecule has 20 heavy (non-hydrogen) atoms. The normalized spacial score (nSPS) is 21.2. The van der Waals surface area contributed by atoms with Crippen molar-refractivity contribution in [2.24, 2.45) is 0 Å². The molecule has 1 aromatic rings. The first-order chi connectivity index (χ1) is 9.37. The van der Waals surface area contributed by atoms with Crippen molar-refractivity contribution >= 4 is 10.0 Å². The third-order valence-corrected chi connectivity index (χ3v) is 4.56. The molecule has 0 unspecified atom stereocenters. The SMILES string of the molecule is Cc1noc(C)c1CN1CCCC[C@H]1CNS(C)(=O)=O. The van der Waals surface area contributed by atoms with Gasteiger partial charge in [0.25, 0.3) is 0 Å². The standard InChI is InChI=1S/C13H23N3O3S/c1-10-13(11(2)19-15-10)9-16-7-5-4-6-12(16)8-14-20(3,17)18/h12,14H,4-9H2,1-3H3/t12-/m0/s1. The fourth-order valence-electron chi connectivity index (χ4n) is 2.68. The Morgan fingerprint density at radius 1 is 1.40 bits per heavy atom. The van der Waals surface area contributed by atoms with E-state index in [0.29, 0.717) is 6.54 Å². The van der Waals surface area contributed by atoms with Crippen LogP contribution in [0.25, 0.3) is 0 Å². The molecule has 0 aliphatic carbocycles. The van der Waals surface area contributed by atoms with E-state index < -0.39 is 10.0 Å². The van der Waals surface area contributed by atoms with Crippen LogP contribution >= 0.6 is 0 Å². The first-order valence-electron chi connectivity index (χ1n) is 6.97. The lowest BCUT2D eigenvalue weighted by molar-refractivity contribution is 0.141. The zero-order chi connectivity index (χ0) is 14.8. The molecule has 1 aliphatic rings. The van der Waals surface area contributed by atoms with Crippen LogP contribution in [0.5, 0.6) is 0 Å². The smallest absolute Gasteiger partial charge is 0.208 e. The van der Waals surface area contributed by atoms with Gasteiger partial charge in [0, 0.05) is 24.7 Å². The number of nitrogens with one attached hydrogen (secondary N) is 1. The molecule has 1 N–H and O–H groups in total. The molecule has 1 atom stereocenters. The van der Waals surface area contributed by atoms with E-state index in [1.807, 2.05) is 13.8 Å². The minimum absolute atomic E-state index is 0.243. The summed E-state index contributed by atoms with van der Waals surface area (Å²) >= 11 is 0. The molecule has 0 saturated carbocycles. The summed E-state index contributed by atoms with van der Waals surface area (Å²) in [5.41, 5.74) is 2.04. The molecule has 1 aliphatic heterocycles. The zero-order valence-electron chi connectivity index (χ0n) is 12.3. The second-order valence-corrected chi connectivity index (χ2v) is 7.38. The number of piperidine rings is 1. The Balaban J connectivity index is 2.03. The summed E-state index contributed by atoms with van der Waals surface area (Å²) in [6.45, 7) is 6.10. The number of aromatic nitrogens is 1. The van der Waals surface area contributed by atoms with Crippen molar-refractivity contribution in [1.29, 1.82) is 0 Å². The van der Waals surface area contributed by atoms with Crippen LogP contribution in [0.4, 0.5) is 0 Å². The molecule has 0 amide bonds. The average Bonchev–Trinajstić information content (AvgIpc) is 2.68. The third kappa shape index (κ3) is 4.04. The lowest BCUT2D eigenvalue weighted by Gasteiger charge is -2.35. The first kappa shape index (κ1) is 15.5. The van der Waals surface area contributed by atoms with Crippen molar-refractivity contribution in [1.82, 2.24) is 14.8 Å². The Kier molecular flexibility index (Phi) is 4.82. The Hall–Kier alpha value is -0.920. The van der Waals surface area contributed by atoms with Crippen molar-refractivity contribution in [2.45, 2.75) is 45.7 Å². The van der Waals surface area contributed by atoms with E-state index in [0.717, 1.165) is 49.4 Å². The number of sulfonamides is 1. The van der Waals surface area contributed by atoms with Gasteiger partial charge in [-0.3, -0.25) is 4.90 Å². The molecule has 1 fully saturated rings. The number of aryl methyl sites for hydroxylation is 2. The summed E-state index contributed by atoms with van der Waals surface area (Å²) in [5, 5.41) is 3.98. The molecule has 2 heterocycles. The quantitative estimate of drug-likeness (QED) is 0.884. The fourth-order valence-corrected chi connectivity index (χ4v) is 3.17. The number of hydrogen-bond acceptors (Lipinski definition) is 5. The van der Waals surface area contributed by atoms with Gasteiger partial charge in [0.15, 0.2) is 0 Å². The van der Waals surface area contributed by atoms with Gasteiger partial charge < -0.3 is 4.52 Å². The van der Waals surface area contributed by atoms with Crippen molar-refractivity contribution in [3.05, 3.63) is 17.0 Å². The van der Waals surface area contributed by atoms with E-state index in [4.69, 9.17) is 4.52 Å². The second kappa shape index (κ2) is 6.24. The summed E-state index contributed by atoms with van der Waals surface area (Å²) in [4.78, 5) is 2.33. The predicted molar refractivity (Wildman–Crippen MR) is 76.9 cm³/mol. The highest BCUT2D eigenvalue weighted by atomic mass is 32.2. The topological polar surface area (TPSA) is 75.4 Å². The summed E-state index contributed by atoms with van der Waals surface area (Å²) in [6, 6.07) is 0.243. The first-order valence-corrected chi connectivity index (χ1v) is 8.86. The largest absolute Gasteiger partial charge is 0.361 e. The second-order valence-electron chi connectivity index (χ2n) is 5.54. The van der Waals surface area contributed by atoms with E-state index in [9.17, 15) is 8.42 Å². The van der Waals surface area contributed by atoms with Crippen LogP contribution in [0, 0.1) is 13.8 Å². The summed E-state index contributed by atoms with van der Waals surface area (Å²) in [7, 11) is -3.13. The van der Waals surface area contributed by atoms with Crippen LogP contribution in [-0.4, -0.2) is 43.9 Å². The van der Waals surface area contributed by atoms with Gasteiger partial charge in [-0.2, -0.15) is 0 Å². The predicted octanol–water partition coefficient (Wildman–Crippen LogP) is 1.20. The highest BCUT2D eigenvalue weighted by molar-refractivity contribution is 7.88. The number of nitrogens with zero attached hydrogens (tertiary/aromatic N) is 2. The maximum absolute atomic E-state index is 11.3. The molecule has 6 nitrogen and oxygen atoms in total. The monoisotopic (exact) mass is 301 g/mol. The highest BCUT2D eigenvalue weighted by Gasteiger charge is 2.25. The van der Waals surface area contributed by atoms with Gasteiger partial charge >= 0.3 is 0 Å². The minimum atomic E-state index is -3.13. The number of rotatable bonds is 5. The Bertz CT molecular complexity index is 534. The third-order valence-electron chi connectivity index (χ3n) is 3.87. The Labute approximate surface area is 120 Å². The van der Waals surface area contributed by atoms with Crippen molar-refractivity contribution in [3.8, 4) is 0 Å². The molecular formula is C13H23N3O3S. The molecule has 7 heteroatoms. The van der Waals surface area contributed by atoms with Gasteiger partial charge in [-0.1, -0.05) is 11.6 Å². The van der Waals surface area contributed by atoms with Gasteiger partial charge in [-0.25, -0.2) is 13.1 Å². The maximum Gasteiger partial charge on any atom is 0.208 e. The van der Waals surface area contributed by atoms with Gasteiger partial charge in [-0.05, 0) is 33.2 Å². The van der Waals surface area contributed by atoms with Gasteiger partial charge in [0.2, 0.25) is 10.0 Å². The van der Waals surface area contributed by atoms with Crippen LogP contribution in [0.1, 0.15) is 36.3 Å².